The molecule has 0 spiro atoms. The quantitative estimate of drug-likeness (QED) is 0.796. The van der Waals surface area contributed by atoms with Gasteiger partial charge in [0.1, 0.15) is 0 Å². The number of carbonyl (C=O) groups excluding carboxylic acids is 2. The summed E-state index contributed by atoms with van der Waals surface area (Å²) in [5.74, 6) is -0.654. The maximum Gasteiger partial charge on any atom is 0.251 e. The smallest absolute Gasteiger partial charge is 0.251 e. The molecule has 0 aliphatic heterocycles. The number of hydrogen-bond donors (Lipinski definition) is 2. The van der Waals surface area contributed by atoms with E-state index in [0.29, 0.717) is 28.6 Å². The van der Waals surface area contributed by atoms with E-state index in [4.69, 9.17) is 34.8 Å². The maximum absolute atomic E-state index is 11.9. The van der Waals surface area contributed by atoms with Crippen LogP contribution in [0.15, 0.2) is 42.5 Å². The lowest BCUT2D eigenvalue weighted by Gasteiger charge is -2.08. The molecule has 2 aromatic rings. The van der Waals surface area contributed by atoms with Crippen LogP contribution in [-0.4, -0.2) is 24.9 Å². The first-order chi connectivity index (χ1) is 11.5. The van der Waals surface area contributed by atoms with Crippen LogP contribution in [0.1, 0.15) is 15.9 Å². The van der Waals surface area contributed by atoms with E-state index in [0.717, 1.165) is 5.56 Å². The van der Waals surface area contributed by atoms with Crippen LogP contribution in [0.4, 0.5) is 0 Å². The van der Waals surface area contributed by atoms with Gasteiger partial charge in [-0.05, 0) is 42.3 Å². The monoisotopic (exact) mass is 384 g/mol. The summed E-state index contributed by atoms with van der Waals surface area (Å²) in [5, 5.41) is 6.60. The molecule has 0 saturated carbocycles. The highest BCUT2D eigenvalue weighted by Gasteiger charge is 2.09. The summed E-state index contributed by atoms with van der Waals surface area (Å²) in [6.45, 7) is 0.364. The SMILES string of the molecule is O=C(CNC(=O)c1ccc(Cl)c(Cl)c1)NCCc1ccc(Cl)cc1. The van der Waals surface area contributed by atoms with Crippen LogP contribution in [-0.2, 0) is 11.2 Å². The molecule has 0 atom stereocenters. The maximum atomic E-state index is 11.9. The molecule has 0 saturated heterocycles. The molecular formula is C17H15Cl3N2O2. The minimum absolute atomic E-state index is 0.111. The Labute approximate surface area is 155 Å². The molecule has 0 fully saturated rings. The summed E-state index contributed by atoms with van der Waals surface area (Å²) in [6, 6.07) is 11.9. The summed E-state index contributed by atoms with van der Waals surface area (Å²) in [6.07, 6.45) is 0.684. The molecule has 0 heterocycles. The van der Waals surface area contributed by atoms with E-state index in [9.17, 15) is 9.59 Å². The van der Waals surface area contributed by atoms with Crippen molar-refractivity contribution in [1.82, 2.24) is 10.6 Å². The van der Waals surface area contributed by atoms with E-state index in [1.54, 1.807) is 18.2 Å². The van der Waals surface area contributed by atoms with Crippen molar-refractivity contribution in [3.63, 3.8) is 0 Å². The predicted molar refractivity (Wildman–Crippen MR) is 97.0 cm³/mol. The number of nitrogens with one attached hydrogen (secondary N) is 2. The summed E-state index contributed by atoms with van der Waals surface area (Å²) in [5.41, 5.74) is 1.41. The molecule has 126 valence electrons. The average Bonchev–Trinajstić information content (AvgIpc) is 2.57. The molecular weight excluding hydrogens is 371 g/mol. The van der Waals surface area contributed by atoms with Gasteiger partial charge in [0, 0.05) is 17.1 Å². The van der Waals surface area contributed by atoms with Gasteiger partial charge in [-0.1, -0.05) is 46.9 Å². The minimum Gasteiger partial charge on any atom is -0.354 e. The molecule has 2 rings (SSSR count). The minimum atomic E-state index is -0.388. The van der Waals surface area contributed by atoms with Crippen LogP contribution in [0, 0.1) is 0 Å². The zero-order valence-electron chi connectivity index (χ0n) is 12.6. The molecule has 2 amide bonds. The van der Waals surface area contributed by atoms with Crippen LogP contribution in [0.3, 0.4) is 0 Å². The Hall–Kier alpha value is -1.75. The third kappa shape index (κ3) is 5.71. The lowest BCUT2D eigenvalue weighted by Crippen LogP contribution is -2.37. The molecule has 0 bridgehead atoms. The number of amides is 2. The highest BCUT2D eigenvalue weighted by atomic mass is 35.5. The first kappa shape index (κ1) is 18.6. The van der Waals surface area contributed by atoms with Crippen LogP contribution in [0.5, 0.6) is 0 Å². The third-order valence-corrected chi connectivity index (χ3v) is 4.23. The van der Waals surface area contributed by atoms with Crippen LogP contribution >= 0.6 is 34.8 Å². The summed E-state index contributed by atoms with van der Waals surface area (Å²) < 4.78 is 0. The second-order valence-corrected chi connectivity index (χ2v) is 6.29. The zero-order valence-corrected chi connectivity index (χ0v) is 14.9. The van der Waals surface area contributed by atoms with Gasteiger partial charge < -0.3 is 10.6 Å². The Kier molecular flexibility index (Phi) is 6.91. The number of hydrogen-bond acceptors (Lipinski definition) is 2. The zero-order chi connectivity index (χ0) is 17.5. The highest BCUT2D eigenvalue weighted by Crippen LogP contribution is 2.22. The largest absolute Gasteiger partial charge is 0.354 e. The van der Waals surface area contributed by atoms with Gasteiger partial charge in [-0.3, -0.25) is 9.59 Å². The van der Waals surface area contributed by atoms with Gasteiger partial charge in [-0.25, -0.2) is 0 Å². The second-order valence-electron chi connectivity index (χ2n) is 5.04. The Morgan fingerprint density at radius 2 is 1.58 bits per heavy atom. The van der Waals surface area contributed by atoms with Crippen molar-refractivity contribution in [3.05, 3.63) is 68.7 Å². The van der Waals surface area contributed by atoms with Crippen molar-refractivity contribution < 1.29 is 9.59 Å². The van der Waals surface area contributed by atoms with Gasteiger partial charge in [0.15, 0.2) is 0 Å². The molecule has 0 unspecified atom stereocenters. The van der Waals surface area contributed by atoms with E-state index in [-0.39, 0.29) is 23.4 Å². The summed E-state index contributed by atoms with van der Waals surface area (Å²) >= 11 is 17.5. The third-order valence-electron chi connectivity index (χ3n) is 3.24. The van der Waals surface area contributed by atoms with Crippen molar-refractivity contribution in [2.75, 3.05) is 13.1 Å². The normalized spacial score (nSPS) is 10.3. The molecule has 0 aliphatic carbocycles. The first-order valence-electron chi connectivity index (χ1n) is 7.20. The lowest BCUT2D eigenvalue weighted by molar-refractivity contribution is -0.120. The van der Waals surface area contributed by atoms with E-state index >= 15 is 0 Å². The van der Waals surface area contributed by atoms with Gasteiger partial charge in [0.25, 0.3) is 5.91 Å². The molecule has 0 radical (unpaired) electrons. The summed E-state index contributed by atoms with van der Waals surface area (Å²) in [7, 11) is 0. The van der Waals surface area contributed by atoms with Gasteiger partial charge in [0.2, 0.25) is 5.91 Å². The fourth-order valence-corrected chi connectivity index (χ4v) is 2.38. The van der Waals surface area contributed by atoms with Crippen molar-refractivity contribution in [2.45, 2.75) is 6.42 Å². The molecule has 4 nitrogen and oxygen atoms in total. The van der Waals surface area contributed by atoms with E-state index in [1.807, 2.05) is 12.1 Å². The van der Waals surface area contributed by atoms with Crippen LogP contribution in [0.2, 0.25) is 15.1 Å². The Bertz CT molecular complexity index is 733. The van der Waals surface area contributed by atoms with Crippen molar-refractivity contribution in [3.8, 4) is 0 Å². The van der Waals surface area contributed by atoms with Gasteiger partial charge >= 0.3 is 0 Å². The van der Waals surface area contributed by atoms with E-state index in [2.05, 4.69) is 10.6 Å². The molecule has 0 aromatic heterocycles. The van der Waals surface area contributed by atoms with Gasteiger partial charge in [-0.15, -0.1) is 0 Å². The van der Waals surface area contributed by atoms with E-state index < -0.39 is 0 Å². The Morgan fingerprint density at radius 3 is 2.25 bits per heavy atom. The number of benzene rings is 2. The second kappa shape index (κ2) is 8.92. The fourth-order valence-electron chi connectivity index (χ4n) is 1.96. The molecule has 0 aliphatic rings. The highest BCUT2D eigenvalue weighted by molar-refractivity contribution is 6.42. The van der Waals surface area contributed by atoms with Crippen LogP contribution in [0.25, 0.3) is 0 Å². The standard InChI is InChI=1S/C17H15Cl3N2O2/c18-13-4-1-11(2-5-13)7-8-21-16(23)10-22-17(24)12-3-6-14(19)15(20)9-12/h1-6,9H,7-8,10H2,(H,21,23)(H,22,24). The molecule has 7 heteroatoms. The molecule has 2 aromatic carbocycles. The van der Waals surface area contributed by atoms with Crippen molar-refractivity contribution >= 4 is 46.6 Å². The Morgan fingerprint density at radius 1 is 0.875 bits per heavy atom. The lowest BCUT2D eigenvalue weighted by atomic mass is 10.1. The van der Waals surface area contributed by atoms with Crippen LogP contribution < -0.4 is 10.6 Å². The predicted octanol–water partition coefficient (Wildman–Crippen LogP) is 3.74. The van der Waals surface area contributed by atoms with Gasteiger partial charge in [0.05, 0.1) is 16.6 Å². The first-order valence-corrected chi connectivity index (χ1v) is 8.33. The van der Waals surface area contributed by atoms with Crippen molar-refractivity contribution in [2.24, 2.45) is 0 Å². The van der Waals surface area contributed by atoms with E-state index in [1.165, 1.54) is 12.1 Å². The fraction of sp³-hybridized carbons (Fsp3) is 0.176. The number of halogens is 3. The molecule has 2 N–H and O–H groups in total. The molecule has 24 heavy (non-hydrogen) atoms. The Balaban J connectivity index is 1.73. The summed E-state index contributed by atoms with van der Waals surface area (Å²) in [4.78, 5) is 23.7. The average molecular weight is 386 g/mol. The topological polar surface area (TPSA) is 58.2 Å². The number of rotatable bonds is 6. The van der Waals surface area contributed by atoms with Gasteiger partial charge in [-0.2, -0.15) is 0 Å². The van der Waals surface area contributed by atoms with Crippen molar-refractivity contribution in [1.29, 1.82) is 0 Å². The number of carbonyl (C=O) groups is 2.